The fourth-order valence-electron chi connectivity index (χ4n) is 4.24. The summed E-state index contributed by atoms with van der Waals surface area (Å²) < 4.78 is 1.42. The van der Waals surface area contributed by atoms with Crippen molar-refractivity contribution in [3.8, 4) is 5.75 Å². The number of phenolic OH excluding ortho intramolecular Hbond substituents is 1. The molecule has 3 amide bonds. The Balaban J connectivity index is 1.64. The number of rotatable bonds is 9. The van der Waals surface area contributed by atoms with E-state index in [9.17, 15) is 19.5 Å². The maximum Gasteiger partial charge on any atom is 0.285 e. The molecule has 2 N–H and O–H groups in total. The fourth-order valence-corrected chi connectivity index (χ4v) is 6.94. The van der Waals surface area contributed by atoms with E-state index < -0.39 is 11.8 Å². The summed E-state index contributed by atoms with van der Waals surface area (Å²) in [6.07, 6.45) is 7.95. The van der Waals surface area contributed by atoms with E-state index in [1.165, 1.54) is 11.0 Å². The molecular formula is C33H27I2N3O4S. The molecule has 43 heavy (non-hydrogen) atoms. The van der Waals surface area contributed by atoms with Crippen LogP contribution < -0.4 is 5.32 Å². The number of thioether (sulfide) groups is 1. The summed E-state index contributed by atoms with van der Waals surface area (Å²) in [6, 6.07) is 22.3. The van der Waals surface area contributed by atoms with E-state index in [0.29, 0.717) is 14.8 Å². The third-order valence-electron chi connectivity index (χ3n) is 6.27. The van der Waals surface area contributed by atoms with Crippen molar-refractivity contribution in [1.29, 1.82) is 0 Å². The van der Waals surface area contributed by atoms with Gasteiger partial charge in [-0.05, 0) is 87.5 Å². The van der Waals surface area contributed by atoms with E-state index >= 15 is 0 Å². The first-order valence-corrected chi connectivity index (χ1v) is 16.2. The van der Waals surface area contributed by atoms with Gasteiger partial charge in [-0.3, -0.25) is 19.3 Å². The van der Waals surface area contributed by atoms with Crippen LogP contribution in [0.1, 0.15) is 29.7 Å². The zero-order valence-corrected chi connectivity index (χ0v) is 28.2. The van der Waals surface area contributed by atoms with Crippen LogP contribution in [0.5, 0.6) is 5.75 Å². The Hall–Kier alpha value is -3.49. The second kappa shape index (κ2) is 15.3. The number of carbonyl (C=O) groups excluding carboxylic acids is 3. The maximum atomic E-state index is 13.8. The van der Waals surface area contributed by atoms with Crippen molar-refractivity contribution in [1.82, 2.24) is 10.2 Å². The van der Waals surface area contributed by atoms with E-state index in [0.717, 1.165) is 26.5 Å². The molecule has 4 rings (SSSR count). The molecule has 0 fully saturated rings. The van der Waals surface area contributed by atoms with Gasteiger partial charge in [-0.1, -0.05) is 97.2 Å². The normalized spacial score (nSPS) is 14.9. The van der Waals surface area contributed by atoms with Gasteiger partial charge in [0.1, 0.15) is 11.3 Å². The van der Waals surface area contributed by atoms with Crippen molar-refractivity contribution >= 4 is 85.9 Å². The van der Waals surface area contributed by atoms with Gasteiger partial charge in [-0.2, -0.15) is 4.99 Å². The molecule has 0 unspecified atom stereocenters. The van der Waals surface area contributed by atoms with Crippen LogP contribution in [-0.4, -0.2) is 38.6 Å². The average molecular weight is 815 g/mol. The number of benzene rings is 3. The Kier molecular flexibility index (Phi) is 11.5. The molecule has 0 aromatic heterocycles. The molecule has 218 valence electrons. The summed E-state index contributed by atoms with van der Waals surface area (Å²) in [5.74, 6) is -1.81. The molecular weight excluding hydrogens is 788 g/mol. The van der Waals surface area contributed by atoms with Crippen molar-refractivity contribution < 1.29 is 19.5 Å². The quantitative estimate of drug-likeness (QED) is 0.105. The van der Waals surface area contributed by atoms with Crippen LogP contribution in [0.4, 0.5) is 0 Å². The number of hydrogen-bond donors (Lipinski definition) is 2. The number of allylic oxidation sites excluding steroid dienone is 4. The molecule has 0 saturated heterocycles. The highest BCUT2D eigenvalue weighted by Gasteiger charge is 2.35. The van der Waals surface area contributed by atoms with Gasteiger partial charge in [0, 0.05) is 14.8 Å². The summed E-state index contributed by atoms with van der Waals surface area (Å²) in [7, 11) is 0. The molecule has 0 bridgehead atoms. The number of carbonyl (C=O) groups is 3. The SMILES string of the molecule is C=C/C=C\C(=C/C)N1C(=O)/C(=C/c2cc(I)cc(I)c2O)C(=O)N=C1SCC(=O)NC(c1ccccc1)c1ccccc1. The highest BCUT2D eigenvalue weighted by molar-refractivity contribution is 14.1. The molecule has 1 aliphatic rings. The topological polar surface area (TPSA) is 99.1 Å². The maximum absolute atomic E-state index is 13.8. The zero-order chi connectivity index (χ0) is 30.9. The number of hydrogen-bond acceptors (Lipinski definition) is 5. The van der Waals surface area contributed by atoms with Crippen LogP contribution >= 0.6 is 56.9 Å². The first kappa shape index (κ1) is 32.4. The lowest BCUT2D eigenvalue weighted by atomic mass is 9.99. The smallest absolute Gasteiger partial charge is 0.285 e. The first-order chi connectivity index (χ1) is 20.7. The van der Waals surface area contributed by atoms with Gasteiger partial charge in [0.05, 0.1) is 15.4 Å². The lowest BCUT2D eigenvalue weighted by molar-refractivity contribution is -0.126. The van der Waals surface area contributed by atoms with Gasteiger partial charge in [0.2, 0.25) is 5.91 Å². The number of amidine groups is 1. The van der Waals surface area contributed by atoms with E-state index in [1.807, 2.05) is 83.3 Å². The number of amides is 3. The van der Waals surface area contributed by atoms with Crippen LogP contribution in [0.3, 0.4) is 0 Å². The van der Waals surface area contributed by atoms with Crippen LogP contribution in [-0.2, 0) is 14.4 Å². The number of aromatic hydroxyl groups is 1. The summed E-state index contributed by atoms with van der Waals surface area (Å²) in [6.45, 7) is 5.45. The highest BCUT2D eigenvalue weighted by Crippen LogP contribution is 2.32. The Labute approximate surface area is 281 Å². The average Bonchev–Trinajstić information content (AvgIpc) is 3.01. The van der Waals surface area contributed by atoms with Crippen molar-refractivity contribution in [3.63, 3.8) is 0 Å². The molecule has 10 heteroatoms. The van der Waals surface area contributed by atoms with Gasteiger partial charge in [0.15, 0.2) is 5.17 Å². The second-order valence-electron chi connectivity index (χ2n) is 9.14. The molecule has 0 atom stereocenters. The Morgan fingerprint density at radius 3 is 2.28 bits per heavy atom. The second-order valence-corrected chi connectivity index (χ2v) is 12.5. The molecule has 0 saturated carbocycles. The first-order valence-electron chi connectivity index (χ1n) is 13.1. The fraction of sp³-hybridized carbons (Fsp3) is 0.0909. The molecule has 3 aromatic carbocycles. The van der Waals surface area contributed by atoms with E-state index in [1.54, 1.807) is 43.4 Å². The van der Waals surface area contributed by atoms with Gasteiger partial charge in [-0.25, -0.2) is 0 Å². The number of nitrogens with zero attached hydrogens (tertiary/aromatic N) is 2. The number of halogens is 2. The number of phenols is 1. The molecule has 1 aliphatic heterocycles. The summed E-state index contributed by atoms with van der Waals surface area (Å²) in [5.41, 5.74) is 2.41. The molecule has 0 radical (unpaired) electrons. The van der Waals surface area contributed by atoms with Crippen molar-refractivity contribution in [2.75, 3.05) is 5.75 Å². The lowest BCUT2D eigenvalue weighted by Gasteiger charge is -2.28. The number of aliphatic imine (C=N–C) groups is 1. The van der Waals surface area contributed by atoms with Crippen LogP contribution in [0.2, 0.25) is 0 Å². The molecule has 7 nitrogen and oxygen atoms in total. The monoisotopic (exact) mass is 815 g/mol. The Morgan fingerprint density at radius 2 is 1.70 bits per heavy atom. The van der Waals surface area contributed by atoms with Crippen molar-refractivity contribution in [3.05, 3.63) is 139 Å². The summed E-state index contributed by atoms with van der Waals surface area (Å²) in [4.78, 5) is 45.8. The lowest BCUT2D eigenvalue weighted by Crippen LogP contribution is -2.42. The van der Waals surface area contributed by atoms with Crippen molar-refractivity contribution in [2.24, 2.45) is 4.99 Å². The third-order valence-corrected chi connectivity index (χ3v) is 8.65. The van der Waals surface area contributed by atoms with Crippen LogP contribution in [0.15, 0.2) is 120 Å². The minimum Gasteiger partial charge on any atom is -0.506 e. The van der Waals surface area contributed by atoms with Crippen molar-refractivity contribution in [2.45, 2.75) is 13.0 Å². The molecule has 1 heterocycles. The summed E-state index contributed by atoms with van der Waals surface area (Å²) in [5, 5.41) is 13.7. The molecule has 3 aromatic rings. The van der Waals surface area contributed by atoms with E-state index in [4.69, 9.17) is 0 Å². The van der Waals surface area contributed by atoms with Crippen LogP contribution in [0, 0.1) is 7.14 Å². The van der Waals surface area contributed by atoms with Gasteiger partial charge in [0.25, 0.3) is 11.8 Å². The van der Waals surface area contributed by atoms with Gasteiger partial charge < -0.3 is 10.4 Å². The van der Waals surface area contributed by atoms with Gasteiger partial charge in [-0.15, -0.1) is 0 Å². The predicted molar refractivity (Wildman–Crippen MR) is 189 cm³/mol. The zero-order valence-electron chi connectivity index (χ0n) is 23.0. The minimum absolute atomic E-state index is 0.0364. The van der Waals surface area contributed by atoms with Crippen LogP contribution in [0.25, 0.3) is 6.08 Å². The number of nitrogens with one attached hydrogen (secondary N) is 1. The Morgan fingerprint density at radius 1 is 1.07 bits per heavy atom. The molecule has 0 aliphatic carbocycles. The summed E-state index contributed by atoms with van der Waals surface area (Å²) >= 11 is 5.08. The minimum atomic E-state index is -0.757. The predicted octanol–water partition coefficient (Wildman–Crippen LogP) is 6.99. The molecule has 0 spiro atoms. The van der Waals surface area contributed by atoms with Gasteiger partial charge >= 0.3 is 0 Å². The third kappa shape index (κ3) is 8.12. The Bertz CT molecular complexity index is 1630. The standard InChI is InChI=1S/C33H27I2N3O4S/c1-3-5-16-25(4-2)38-32(42)26(18-23-17-24(34)19-27(35)30(23)40)31(41)37-33(38)43-20-28(39)36-29(21-12-8-6-9-13-21)22-14-10-7-11-15-22/h3-19,29,40H,1,20H2,2H3,(H,36,39)/b16-5-,25-4+,26-18+. The van der Waals surface area contributed by atoms with E-state index in [2.05, 4.69) is 39.5 Å². The highest BCUT2D eigenvalue weighted by atomic mass is 127. The largest absolute Gasteiger partial charge is 0.506 e. The van der Waals surface area contributed by atoms with E-state index in [-0.39, 0.29) is 34.2 Å².